The van der Waals surface area contributed by atoms with Crippen LogP contribution < -0.4 is 4.74 Å². The second-order valence-electron chi connectivity index (χ2n) is 2.87. The number of Topliss-reactive ketones (excluding diaryl/α,β-unsaturated/α-hetero) is 1. The second-order valence-corrected chi connectivity index (χ2v) is 2.87. The van der Waals surface area contributed by atoms with E-state index in [1.807, 2.05) is 0 Å². The molecule has 0 saturated heterocycles. The molecule has 0 bridgehead atoms. The molecule has 0 aliphatic heterocycles. The number of carbonyl (C=O) groups excluding carboxylic acids is 1. The van der Waals surface area contributed by atoms with Gasteiger partial charge in [0.25, 0.3) is 0 Å². The Kier molecular flexibility index (Phi) is 2.90. The Hall–Kier alpha value is -1.51. The number of benzene rings is 1. The van der Waals surface area contributed by atoms with Gasteiger partial charge in [-0.05, 0) is 26.0 Å². The highest BCUT2D eigenvalue weighted by molar-refractivity contribution is 5.80. The van der Waals surface area contributed by atoms with Crippen molar-refractivity contribution in [3.63, 3.8) is 0 Å². The number of ketones is 1. The quantitative estimate of drug-likeness (QED) is 0.770. The molecule has 0 saturated carbocycles. The van der Waals surface area contributed by atoms with Crippen LogP contribution in [0.2, 0.25) is 0 Å². The van der Waals surface area contributed by atoms with E-state index in [2.05, 4.69) is 0 Å². The van der Waals surface area contributed by atoms with E-state index in [-0.39, 0.29) is 11.5 Å². The fourth-order valence-electron chi connectivity index (χ4n) is 0.844. The Labute approximate surface area is 77.0 Å². The van der Waals surface area contributed by atoms with Crippen molar-refractivity contribution in [2.75, 3.05) is 0 Å². The maximum absolute atomic E-state index is 10.8. The number of hydrogen-bond acceptors (Lipinski definition) is 3. The van der Waals surface area contributed by atoms with Crippen LogP contribution >= 0.6 is 0 Å². The first-order valence-electron chi connectivity index (χ1n) is 4.05. The number of rotatable bonds is 3. The van der Waals surface area contributed by atoms with Crippen molar-refractivity contribution in [2.24, 2.45) is 0 Å². The fourth-order valence-corrected chi connectivity index (χ4v) is 0.844. The molecule has 0 heterocycles. The first-order chi connectivity index (χ1) is 6.09. The first-order valence-corrected chi connectivity index (χ1v) is 4.05. The third-order valence-electron chi connectivity index (χ3n) is 1.70. The van der Waals surface area contributed by atoms with Gasteiger partial charge in [-0.1, -0.05) is 6.07 Å². The summed E-state index contributed by atoms with van der Waals surface area (Å²) in [5, 5.41) is 9.10. The normalized spacial score (nSPS) is 12.2. The smallest absolute Gasteiger partial charge is 0.169 e. The van der Waals surface area contributed by atoms with E-state index in [4.69, 9.17) is 9.84 Å². The molecule has 3 nitrogen and oxygen atoms in total. The zero-order chi connectivity index (χ0) is 9.84. The Bertz CT molecular complexity index is 307. The lowest BCUT2D eigenvalue weighted by Gasteiger charge is -2.11. The Morgan fingerprint density at radius 1 is 1.54 bits per heavy atom. The molecule has 0 spiro atoms. The summed E-state index contributed by atoms with van der Waals surface area (Å²) in [7, 11) is 0. The minimum atomic E-state index is -0.471. The maximum atomic E-state index is 10.8. The highest BCUT2D eigenvalue weighted by Crippen LogP contribution is 2.18. The lowest BCUT2D eigenvalue weighted by Crippen LogP contribution is -2.20. The van der Waals surface area contributed by atoms with Crippen molar-refractivity contribution in [3.05, 3.63) is 24.3 Å². The lowest BCUT2D eigenvalue weighted by molar-refractivity contribution is -0.122. The topological polar surface area (TPSA) is 46.5 Å². The molecule has 3 heteroatoms. The van der Waals surface area contributed by atoms with Crippen LogP contribution in [0.5, 0.6) is 11.5 Å². The molecule has 70 valence electrons. The van der Waals surface area contributed by atoms with Crippen molar-refractivity contribution >= 4 is 5.78 Å². The van der Waals surface area contributed by atoms with E-state index in [9.17, 15) is 4.79 Å². The summed E-state index contributed by atoms with van der Waals surface area (Å²) < 4.78 is 5.25. The molecule has 0 aliphatic carbocycles. The van der Waals surface area contributed by atoms with E-state index >= 15 is 0 Å². The van der Waals surface area contributed by atoms with Gasteiger partial charge in [0.05, 0.1) is 0 Å². The first kappa shape index (κ1) is 9.58. The zero-order valence-corrected chi connectivity index (χ0v) is 7.65. The molecule has 0 amide bonds. The standard InChI is InChI=1S/C10H12O3/c1-7(11)8(2)13-10-5-3-4-9(12)6-10/h3-6,8,12H,1-2H3. The number of hydrogen-bond donors (Lipinski definition) is 1. The average molecular weight is 180 g/mol. The Morgan fingerprint density at radius 3 is 2.77 bits per heavy atom. The van der Waals surface area contributed by atoms with Crippen LogP contribution in [-0.4, -0.2) is 17.0 Å². The van der Waals surface area contributed by atoms with Crippen LogP contribution in [0.15, 0.2) is 24.3 Å². The molecule has 0 aliphatic rings. The van der Waals surface area contributed by atoms with Gasteiger partial charge in [0.2, 0.25) is 0 Å². The molecule has 0 aromatic heterocycles. The van der Waals surface area contributed by atoms with Gasteiger partial charge < -0.3 is 9.84 Å². The summed E-state index contributed by atoms with van der Waals surface area (Å²) in [6.45, 7) is 3.14. The minimum absolute atomic E-state index is 0.0386. The van der Waals surface area contributed by atoms with Crippen molar-refractivity contribution in [1.29, 1.82) is 0 Å². The second kappa shape index (κ2) is 3.94. The van der Waals surface area contributed by atoms with Gasteiger partial charge in [0.1, 0.15) is 11.5 Å². The highest BCUT2D eigenvalue weighted by Gasteiger charge is 2.08. The predicted octanol–water partition coefficient (Wildman–Crippen LogP) is 1.75. The van der Waals surface area contributed by atoms with Gasteiger partial charge >= 0.3 is 0 Å². The molecule has 1 atom stereocenters. The predicted molar refractivity (Wildman–Crippen MR) is 48.9 cm³/mol. The van der Waals surface area contributed by atoms with E-state index in [1.54, 1.807) is 25.1 Å². The third kappa shape index (κ3) is 2.78. The molecular formula is C10H12O3. The average Bonchev–Trinajstić information content (AvgIpc) is 2.04. The van der Waals surface area contributed by atoms with E-state index in [0.717, 1.165) is 0 Å². The van der Waals surface area contributed by atoms with Crippen molar-refractivity contribution in [2.45, 2.75) is 20.0 Å². The number of carbonyl (C=O) groups is 1. The molecule has 1 aromatic carbocycles. The largest absolute Gasteiger partial charge is 0.508 e. The summed E-state index contributed by atoms with van der Waals surface area (Å²) in [4.78, 5) is 10.8. The molecule has 1 aromatic rings. The monoisotopic (exact) mass is 180 g/mol. The van der Waals surface area contributed by atoms with Gasteiger partial charge in [0, 0.05) is 6.07 Å². The third-order valence-corrected chi connectivity index (χ3v) is 1.70. The van der Waals surface area contributed by atoms with Gasteiger partial charge in [-0.2, -0.15) is 0 Å². The van der Waals surface area contributed by atoms with E-state index in [1.165, 1.54) is 13.0 Å². The summed E-state index contributed by atoms with van der Waals surface area (Å²) in [6.07, 6.45) is -0.471. The van der Waals surface area contributed by atoms with Gasteiger partial charge in [-0.3, -0.25) is 4.79 Å². The summed E-state index contributed by atoms with van der Waals surface area (Å²) in [5.74, 6) is 0.597. The lowest BCUT2D eigenvalue weighted by atomic mass is 10.3. The van der Waals surface area contributed by atoms with Crippen LogP contribution in [0, 0.1) is 0 Å². The van der Waals surface area contributed by atoms with Crippen molar-refractivity contribution < 1.29 is 14.6 Å². The minimum Gasteiger partial charge on any atom is -0.508 e. The molecule has 1 N–H and O–H groups in total. The molecular weight excluding hydrogens is 168 g/mol. The maximum Gasteiger partial charge on any atom is 0.169 e. The fraction of sp³-hybridized carbons (Fsp3) is 0.300. The van der Waals surface area contributed by atoms with Crippen LogP contribution in [0.3, 0.4) is 0 Å². The number of phenolic OH excluding ortho intramolecular Hbond substituents is 1. The van der Waals surface area contributed by atoms with Crippen LogP contribution in [-0.2, 0) is 4.79 Å². The Balaban J connectivity index is 2.69. The van der Waals surface area contributed by atoms with Crippen LogP contribution in [0.1, 0.15) is 13.8 Å². The van der Waals surface area contributed by atoms with Gasteiger partial charge in [0.15, 0.2) is 11.9 Å². The molecule has 0 radical (unpaired) electrons. The molecule has 1 unspecified atom stereocenters. The molecule has 1 rings (SSSR count). The molecule has 13 heavy (non-hydrogen) atoms. The number of aromatic hydroxyl groups is 1. The van der Waals surface area contributed by atoms with Crippen molar-refractivity contribution in [1.82, 2.24) is 0 Å². The SMILES string of the molecule is CC(=O)C(C)Oc1cccc(O)c1. The van der Waals surface area contributed by atoms with Crippen molar-refractivity contribution in [3.8, 4) is 11.5 Å². The summed E-state index contributed by atoms with van der Waals surface area (Å²) in [5.41, 5.74) is 0. The van der Waals surface area contributed by atoms with E-state index in [0.29, 0.717) is 5.75 Å². The number of ether oxygens (including phenoxy) is 1. The highest BCUT2D eigenvalue weighted by atomic mass is 16.5. The Morgan fingerprint density at radius 2 is 2.23 bits per heavy atom. The summed E-state index contributed by atoms with van der Waals surface area (Å²) >= 11 is 0. The molecule has 0 fully saturated rings. The van der Waals surface area contributed by atoms with Crippen LogP contribution in [0.4, 0.5) is 0 Å². The van der Waals surface area contributed by atoms with Gasteiger partial charge in [-0.15, -0.1) is 0 Å². The van der Waals surface area contributed by atoms with E-state index < -0.39 is 6.10 Å². The van der Waals surface area contributed by atoms with Crippen LogP contribution in [0.25, 0.3) is 0 Å². The number of phenols is 1. The van der Waals surface area contributed by atoms with Gasteiger partial charge in [-0.25, -0.2) is 0 Å². The summed E-state index contributed by atoms with van der Waals surface area (Å²) in [6, 6.07) is 6.38. The zero-order valence-electron chi connectivity index (χ0n) is 7.65.